The average molecular weight is 250 g/mol. The van der Waals surface area contributed by atoms with Crippen LogP contribution in [0.15, 0.2) is 60.7 Å². The molecule has 0 unspecified atom stereocenters. The molecular weight excluding hydrogens is 240 g/mol. The molecule has 0 fully saturated rings. The van der Waals surface area contributed by atoms with E-state index in [1.165, 1.54) is 12.2 Å². The summed E-state index contributed by atoms with van der Waals surface area (Å²) in [7, 11) is 0. The van der Waals surface area contributed by atoms with Gasteiger partial charge in [-0.15, -0.1) is 0 Å². The second-order valence-corrected chi connectivity index (χ2v) is 4.60. The van der Waals surface area contributed by atoms with E-state index >= 15 is 0 Å². The normalized spacial score (nSPS) is 18.4. The molecule has 0 radical (unpaired) electrons. The lowest BCUT2D eigenvalue weighted by molar-refractivity contribution is -0.111. The molecule has 1 heterocycles. The van der Waals surface area contributed by atoms with Crippen LogP contribution in [0.5, 0.6) is 11.5 Å². The molecule has 19 heavy (non-hydrogen) atoms. The fraction of sp³-hybridized carbons (Fsp3) is 0.0625. The number of benzene rings is 2. The smallest absolute Gasteiger partial charge is 0.292 e. The van der Waals surface area contributed by atoms with Gasteiger partial charge in [-0.3, -0.25) is 4.79 Å². The number of hydrogen-bond donors (Lipinski definition) is 0. The zero-order valence-electron chi connectivity index (χ0n) is 10.00. The van der Waals surface area contributed by atoms with Crippen LogP contribution in [0.25, 0.3) is 10.8 Å². The third kappa shape index (κ3) is 1.48. The molecule has 1 aliphatic carbocycles. The third-order valence-corrected chi connectivity index (χ3v) is 3.33. The second kappa shape index (κ2) is 3.48. The van der Waals surface area contributed by atoms with Gasteiger partial charge in [-0.2, -0.15) is 0 Å². The minimum absolute atomic E-state index is 0.0603. The lowest BCUT2D eigenvalue weighted by Gasteiger charge is -2.35. The van der Waals surface area contributed by atoms with Crippen molar-refractivity contribution in [3.8, 4) is 11.5 Å². The molecule has 1 spiro atoms. The van der Waals surface area contributed by atoms with Gasteiger partial charge in [0, 0.05) is 12.2 Å². The number of ketones is 1. The van der Waals surface area contributed by atoms with Crippen LogP contribution in [0.4, 0.5) is 0 Å². The lowest BCUT2D eigenvalue weighted by Crippen LogP contribution is -2.41. The van der Waals surface area contributed by atoms with Crippen molar-refractivity contribution in [3.05, 3.63) is 60.7 Å². The average Bonchev–Trinajstić information content (AvgIpc) is 2.43. The standard InChI is InChI=1S/C16H10O3/c17-12-7-9-16(10-8-12)18-13-5-1-3-11-4-2-6-14(19-16)15(11)13/h1-10H. The summed E-state index contributed by atoms with van der Waals surface area (Å²) in [5, 5.41) is 2.04. The fourth-order valence-corrected chi connectivity index (χ4v) is 2.45. The van der Waals surface area contributed by atoms with E-state index in [1.807, 2.05) is 36.4 Å². The van der Waals surface area contributed by atoms with Crippen LogP contribution in [0.3, 0.4) is 0 Å². The van der Waals surface area contributed by atoms with Gasteiger partial charge in [0.25, 0.3) is 5.79 Å². The Labute approximate surface area is 109 Å². The molecule has 0 saturated carbocycles. The number of allylic oxidation sites excluding steroid dienone is 2. The van der Waals surface area contributed by atoms with E-state index in [9.17, 15) is 4.79 Å². The highest BCUT2D eigenvalue weighted by Gasteiger charge is 2.36. The van der Waals surface area contributed by atoms with Crippen molar-refractivity contribution in [3.63, 3.8) is 0 Å². The first-order valence-corrected chi connectivity index (χ1v) is 6.08. The molecule has 3 heteroatoms. The molecule has 0 N–H and O–H groups in total. The minimum Gasteiger partial charge on any atom is -0.444 e. The van der Waals surface area contributed by atoms with Crippen molar-refractivity contribution in [1.82, 2.24) is 0 Å². The first-order valence-electron chi connectivity index (χ1n) is 6.08. The Hall–Kier alpha value is -2.55. The molecular formula is C16H10O3. The molecule has 0 atom stereocenters. The molecule has 0 amide bonds. The van der Waals surface area contributed by atoms with Gasteiger partial charge in [0.1, 0.15) is 11.5 Å². The maximum absolute atomic E-state index is 11.2. The molecule has 1 aliphatic heterocycles. The quantitative estimate of drug-likeness (QED) is 0.721. The number of ether oxygens (including phenoxy) is 2. The highest BCUT2D eigenvalue weighted by molar-refractivity contribution is 6.01. The molecule has 2 aliphatic rings. The Morgan fingerprint density at radius 1 is 0.842 bits per heavy atom. The van der Waals surface area contributed by atoms with Crippen LogP contribution in [0.1, 0.15) is 0 Å². The molecule has 4 rings (SSSR count). The minimum atomic E-state index is -1.00. The van der Waals surface area contributed by atoms with Crippen molar-refractivity contribution >= 4 is 16.6 Å². The molecule has 2 aromatic carbocycles. The van der Waals surface area contributed by atoms with Crippen LogP contribution in [-0.4, -0.2) is 11.6 Å². The lowest BCUT2D eigenvalue weighted by atomic mass is 10.0. The van der Waals surface area contributed by atoms with E-state index in [1.54, 1.807) is 12.2 Å². The topological polar surface area (TPSA) is 35.5 Å². The Bertz CT molecular complexity index is 697. The number of rotatable bonds is 0. The van der Waals surface area contributed by atoms with Gasteiger partial charge < -0.3 is 9.47 Å². The highest BCUT2D eigenvalue weighted by Crippen LogP contribution is 2.42. The van der Waals surface area contributed by atoms with E-state index in [-0.39, 0.29) is 5.78 Å². The van der Waals surface area contributed by atoms with Crippen LogP contribution in [0, 0.1) is 0 Å². The van der Waals surface area contributed by atoms with Gasteiger partial charge in [0.15, 0.2) is 5.78 Å². The van der Waals surface area contributed by atoms with Crippen molar-refractivity contribution in [2.45, 2.75) is 5.79 Å². The number of carbonyl (C=O) groups is 1. The Morgan fingerprint density at radius 3 is 2.00 bits per heavy atom. The molecule has 0 aromatic heterocycles. The van der Waals surface area contributed by atoms with Crippen molar-refractivity contribution < 1.29 is 14.3 Å². The maximum atomic E-state index is 11.2. The Kier molecular flexibility index (Phi) is 1.90. The summed E-state index contributed by atoms with van der Waals surface area (Å²) < 4.78 is 11.9. The zero-order valence-corrected chi connectivity index (χ0v) is 10.00. The van der Waals surface area contributed by atoms with E-state index in [2.05, 4.69) is 0 Å². The van der Waals surface area contributed by atoms with Crippen LogP contribution in [-0.2, 0) is 4.79 Å². The molecule has 2 aromatic rings. The summed E-state index contributed by atoms with van der Waals surface area (Å²) in [4.78, 5) is 11.2. The van der Waals surface area contributed by atoms with Crippen LogP contribution in [0.2, 0.25) is 0 Å². The molecule has 0 saturated heterocycles. The van der Waals surface area contributed by atoms with E-state index in [0.29, 0.717) is 0 Å². The summed E-state index contributed by atoms with van der Waals surface area (Å²) in [5.74, 6) is 0.470. The Balaban J connectivity index is 1.92. The van der Waals surface area contributed by atoms with Gasteiger partial charge in [-0.05, 0) is 29.7 Å². The van der Waals surface area contributed by atoms with E-state index < -0.39 is 5.79 Å². The monoisotopic (exact) mass is 250 g/mol. The van der Waals surface area contributed by atoms with Gasteiger partial charge >= 0.3 is 0 Å². The van der Waals surface area contributed by atoms with Gasteiger partial charge in [0.2, 0.25) is 0 Å². The second-order valence-electron chi connectivity index (χ2n) is 4.60. The summed E-state index contributed by atoms with van der Waals surface area (Å²) in [6.45, 7) is 0. The van der Waals surface area contributed by atoms with Crippen LogP contribution >= 0.6 is 0 Å². The highest BCUT2D eigenvalue weighted by atomic mass is 16.7. The predicted molar refractivity (Wildman–Crippen MR) is 71.2 cm³/mol. The van der Waals surface area contributed by atoms with Gasteiger partial charge in [0.05, 0.1) is 5.39 Å². The summed E-state index contributed by atoms with van der Waals surface area (Å²) in [5.41, 5.74) is 0. The predicted octanol–water partition coefficient (Wildman–Crippen LogP) is 3.00. The third-order valence-electron chi connectivity index (χ3n) is 3.33. The number of carbonyl (C=O) groups excluding carboxylic acids is 1. The molecule has 3 nitrogen and oxygen atoms in total. The molecule has 0 bridgehead atoms. The molecule has 92 valence electrons. The van der Waals surface area contributed by atoms with E-state index in [0.717, 1.165) is 22.3 Å². The SMILES string of the molecule is O=C1C=CC2(C=C1)Oc1cccc3cccc(c13)O2. The first kappa shape index (κ1) is 10.4. The summed E-state index contributed by atoms with van der Waals surface area (Å²) >= 11 is 0. The van der Waals surface area contributed by atoms with Gasteiger partial charge in [-0.25, -0.2) is 0 Å². The van der Waals surface area contributed by atoms with Crippen molar-refractivity contribution in [1.29, 1.82) is 0 Å². The van der Waals surface area contributed by atoms with E-state index in [4.69, 9.17) is 9.47 Å². The summed E-state index contributed by atoms with van der Waals surface area (Å²) in [6, 6.07) is 11.7. The van der Waals surface area contributed by atoms with Crippen LogP contribution < -0.4 is 9.47 Å². The van der Waals surface area contributed by atoms with Gasteiger partial charge in [-0.1, -0.05) is 24.3 Å². The Morgan fingerprint density at radius 2 is 1.42 bits per heavy atom. The maximum Gasteiger partial charge on any atom is 0.292 e. The first-order chi connectivity index (χ1) is 9.26. The van der Waals surface area contributed by atoms with Crippen molar-refractivity contribution in [2.75, 3.05) is 0 Å². The summed E-state index contributed by atoms with van der Waals surface area (Å²) in [6.07, 6.45) is 6.22. The largest absolute Gasteiger partial charge is 0.444 e. The fourth-order valence-electron chi connectivity index (χ4n) is 2.45. The van der Waals surface area contributed by atoms with Crippen molar-refractivity contribution in [2.24, 2.45) is 0 Å². The number of hydrogen-bond acceptors (Lipinski definition) is 3. The zero-order chi connectivity index (χ0) is 12.9.